The standard InChI is InChI=1S/2C30H53N3O6.C4H6O6/c2*1-19(2)22(14-21-10-11-26(38-8)27(15-21)39-13-9-12-37-7)16-24(31)25(34)17-23(20(3)4)28(35)33-18-30(5,6)29(32)36;5-1(3(7)8)2(6)4(9)10/h2*10-11,15,19-20,22-25,34H,9,12-14,16-18,31H2,1-8H3,(H2,32,36)(H,33,35);1-2,5-6H,(H,7,8)(H,9,10)/t2*22-,23-,24-,25-;1-,2-/m001/s1. The maximum absolute atomic E-state index is 12.9. The molecular formula is C64H112N6O18. The van der Waals surface area contributed by atoms with E-state index in [1.807, 2.05) is 64.1 Å². The van der Waals surface area contributed by atoms with Gasteiger partial charge in [-0.1, -0.05) is 67.5 Å². The highest BCUT2D eigenvalue weighted by atomic mass is 16.5. The third-order valence-electron chi connectivity index (χ3n) is 15.8. The summed E-state index contributed by atoms with van der Waals surface area (Å²) in [6.45, 7) is 25.7. The number of hydrogen-bond donors (Lipinski definition) is 12. The van der Waals surface area contributed by atoms with Crippen LogP contribution < -0.4 is 52.5 Å². The maximum Gasteiger partial charge on any atom is 0.335 e. The molecule has 0 bridgehead atoms. The number of rotatable bonds is 41. The van der Waals surface area contributed by atoms with Crippen LogP contribution in [0.1, 0.15) is 133 Å². The molecule has 2 aromatic rings. The highest BCUT2D eigenvalue weighted by Gasteiger charge is 2.35. The second-order valence-electron chi connectivity index (χ2n) is 25.4. The van der Waals surface area contributed by atoms with Crippen molar-refractivity contribution in [1.29, 1.82) is 0 Å². The average Bonchev–Trinajstić information content (AvgIpc) is 3.65. The van der Waals surface area contributed by atoms with Crippen molar-refractivity contribution < 1.29 is 87.8 Å². The first-order valence-electron chi connectivity index (χ1n) is 30.3. The molecule has 2 aromatic carbocycles. The second kappa shape index (κ2) is 41.4. The molecule has 16 N–H and O–H groups in total. The fourth-order valence-corrected chi connectivity index (χ4v) is 9.05. The van der Waals surface area contributed by atoms with E-state index < -0.39 is 82.9 Å². The number of benzene rings is 2. The van der Waals surface area contributed by atoms with E-state index in [-0.39, 0.29) is 61.4 Å². The molecule has 0 spiro atoms. The molecule has 0 saturated carbocycles. The zero-order valence-electron chi connectivity index (χ0n) is 55.3. The van der Waals surface area contributed by atoms with Gasteiger partial charge in [-0.25, -0.2) is 9.59 Å². The summed E-state index contributed by atoms with van der Waals surface area (Å²) in [4.78, 5) is 68.6. The van der Waals surface area contributed by atoms with Gasteiger partial charge in [-0.3, -0.25) is 19.2 Å². The molecule has 0 radical (unpaired) electrons. The molecular weight excluding hydrogens is 1140 g/mol. The molecule has 0 aliphatic heterocycles. The van der Waals surface area contributed by atoms with E-state index in [1.165, 1.54) is 0 Å². The van der Waals surface area contributed by atoms with Crippen molar-refractivity contribution in [2.24, 2.45) is 81.1 Å². The average molecular weight is 1250 g/mol. The molecule has 0 fully saturated rings. The Bertz CT molecular complexity index is 2230. The molecule has 24 heteroatoms. The Labute approximate surface area is 522 Å². The number of ether oxygens (including phenoxy) is 6. The lowest BCUT2D eigenvalue weighted by Gasteiger charge is -2.30. The molecule has 0 saturated heterocycles. The lowest BCUT2D eigenvalue weighted by atomic mass is 9.80. The number of primary amides is 2. The fourth-order valence-electron chi connectivity index (χ4n) is 9.05. The van der Waals surface area contributed by atoms with Crippen LogP contribution in [0, 0.1) is 58.2 Å². The van der Waals surface area contributed by atoms with E-state index in [1.54, 1.807) is 56.1 Å². The number of aliphatic hydroxyl groups is 4. The molecule has 0 aliphatic carbocycles. The Hall–Kier alpha value is -5.86. The largest absolute Gasteiger partial charge is 0.493 e. The number of nitrogens with one attached hydrogen (secondary N) is 2. The summed E-state index contributed by atoms with van der Waals surface area (Å²) in [5, 5.41) is 60.3. The highest BCUT2D eigenvalue weighted by Crippen LogP contribution is 2.34. The third-order valence-corrected chi connectivity index (χ3v) is 15.8. The predicted octanol–water partition coefficient (Wildman–Crippen LogP) is 4.46. The molecule has 10 atom stereocenters. The van der Waals surface area contributed by atoms with Gasteiger partial charge in [0.15, 0.2) is 35.2 Å². The number of carbonyl (C=O) groups is 6. The Kier molecular flexibility index (Phi) is 38.7. The fraction of sp³-hybridized carbons (Fsp3) is 0.719. The van der Waals surface area contributed by atoms with Crippen LogP contribution in [0.25, 0.3) is 0 Å². The molecule has 88 heavy (non-hydrogen) atoms. The lowest BCUT2D eigenvalue weighted by molar-refractivity contribution is -0.165. The van der Waals surface area contributed by atoms with Gasteiger partial charge in [0.05, 0.1) is 50.5 Å². The van der Waals surface area contributed by atoms with Gasteiger partial charge in [-0.2, -0.15) is 0 Å². The van der Waals surface area contributed by atoms with Crippen molar-refractivity contribution in [1.82, 2.24) is 10.6 Å². The highest BCUT2D eigenvalue weighted by molar-refractivity contribution is 5.84. The second-order valence-corrected chi connectivity index (χ2v) is 25.4. The maximum atomic E-state index is 12.9. The molecule has 0 aliphatic rings. The van der Waals surface area contributed by atoms with Gasteiger partial charge < -0.3 is 92.6 Å². The van der Waals surface area contributed by atoms with Crippen molar-refractivity contribution in [3.63, 3.8) is 0 Å². The summed E-state index contributed by atoms with van der Waals surface area (Å²) >= 11 is 0. The smallest absolute Gasteiger partial charge is 0.335 e. The first kappa shape index (κ1) is 82.1. The van der Waals surface area contributed by atoms with Crippen LogP contribution in [0.15, 0.2) is 36.4 Å². The van der Waals surface area contributed by atoms with Gasteiger partial charge in [0, 0.05) is 77.3 Å². The summed E-state index contributed by atoms with van der Waals surface area (Å²) in [5.74, 6) is -1.95. The minimum Gasteiger partial charge on any atom is -0.493 e. The minimum absolute atomic E-state index is 0.00829. The van der Waals surface area contributed by atoms with Crippen molar-refractivity contribution in [3.8, 4) is 23.0 Å². The third kappa shape index (κ3) is 30.6. The normalized spacial score (nSPS) is 15.2. The van der Waals surface area contributed by atoms with Gasteiger partial charge in [-0.15, -0.1) is 0 Å². The Balaban J connectivity index is 0.00000149. The number of nitrogens with two attached hydrogens (primary N) is 4. The minimum atomic E-state index is -2.27. The number of aliphatic carboxylic acids is 2. The van der Waals surface area contributed by atoms with Gasteiger partial charge in [-0.05, 0) is 137 Å². The van der Waals surface area contributed by atoms with E-state index in [2.05, 4.69) is 38.3 Å². The summed E-state index contributed by atoms with van der Waals surface area (Å²) in [6.07, 6.45) is -1.41. The topological polar surface area (TPSA) is 407 Å². The Morgan fingerprint density at radius 1 is 0.489 bits per heavy atom. The quantitative estimate of drug-likeness (QED) is 0.0409. The van der Waals surface area contributed by atoms with Crippen molar-refractivity contribution in [2.75, 3.05) is 68.0 Å². The van der Waals surface area contributed by atoms with Gasteiger partial charge >= 0.3 is 11.9 Å². The number of amides is 4. The monoisotopic (exact) mass is 1250 g/mol. The van der Waals surface area contributed by atoms with E-state index >= 15 is 0 Å². The van der Waals surface area contributed by atoms with Crippen LogP contribution in [0.2, 0.25) is 0 Å². The molecule has 506 valence electrons. The van der Waals surface area contributed by atoms with Crippen molar-refractivity contribution >= 4 is 35.6 Å². The van der Waals surface area contributed by atoms with Crippen LogP contribution in [-0.4, -0.2) is 171 Å². The SMILES string of the molecule is COCCCOc1cc(C[C@@H](C[C@H](N)[C@@H](O)C[C@H](C(=O)NCC(C)(C)C(N)=O)C(C)C)C(C)C)ccc1OC.COCCCOc1cc(C[C@@H](C[C@H](N)[C@@H](O)C[C@H](C(=O)NCC(C)(C)C(N)=O)C(C)C)C(C)C)ccc1OC.O=C(O)[C@H](O)[C@@H](O)C(=O)O. The van der Waals surface area contributed by atoms with E-state index in [0.717, 1.165) is 36.8 Å². The van der Waals surface area contributed by atoms with Crippen LogP contribution >= 0.6 is 0 Å². The van der Waals surface area contributed by atoms with Crippen LogP contribution in [0.3, 0.4) is 0 Å². The van der Waals surface area contributed by atoms with Gasteiger partial charge in [0.25, 0.3) is 0 Å². The Morgan fingerprint density at radius 2 is 0.807 bits per heavy atom. The summed E-state index contributed by atoms with van der Waals surface area (Å²) in [6, 6.07) is 10.9. The van der Waals surface area contributed by atoms with Crippen molar-refractivity contribution in [2.45, 2.75) is 171 Å². The number of hydrogen-bond acceptors (Lipinski definition) is 18. The van der Waals surface area contributed by atoms with Gasteiger partial charge in [0.2, 0.25) is 23.6 Å². The van der Waals surface area contributed by atoms with Crippen LogP contribution in [0.4, 0.5) is 0 Å². The molecule has 0 heterocycles. The van der Waals surface area contributed by atoms with Crippen LogP contribution in [0.5, 0.6) is 23.0 Å². The van der Waals surface area contributed by atoms with Crippen molar-refractivity contribution in [3.05, 3.63) is 47.5 Å². The van der Waals surface area contributed by atoms with Crippen LogP contribution in [-0.2, 0) is 51.1 Å². The molecule has 2 rings (SSSR count). The lowest BCUT2D eigenvalue weighted by Crippen LogP contribution is -2.46. The molecule has 0 unspecified atom stereocenters. The summed E-state index contributed by atoms with van der Waals surface area (Å²) in [5.41, 5.74) is 24.4. The first-order chi connectivity index (χ1) is 40.9. The van der Waals surface area contributed by atoms with E-state index in [4.69, 9.17) is 71.8 Å². The Morgan fingerprint density at radius 3 is 1.06 bits per heavy atom. The molecule has 4 amide bonds. The number of carbonyl (C=O) groups excluding carboxylic acids is 4. The van der Waals surface area contributed by atoms with E-state index in [0.29, 0.717) is 74.1 Å². The van der Waals surface area contributed by atoms with Gasteiger partial charge in [0.1, 0.15) is 0 Å². The zero-order valence-corrected chi connectivity index (χ0v) is 55.3. The zero-order chi connectivity index (χ0) is 67.8. The first-order valence-corrected chi connectivity index (χ1v) is 30.3. The summed E-state index contributed by atoms with van der Waals surface area (Å²) in [7, 11) is 6.58. The molecule has 24 nitrogen and oxygen atoms in total. The number of aliphatic hydroxyl groups excluding tert-OH is 4. The number of methoxy groups -OCH3 is 4. The van der Waals surface area contributed by atoms with E-state index in [9.17, 15) is 39.0 Å². The summed E-state index contributed by atoms with van der Waals surface area (Å²) < 4.78 is 33.0. The molecule has 0 aromatic heterocycles. The predicted molar refractivity (Wildman–Crippen MR) is 336 cm³/mol. The number of carboxylic acids is 2. The number of carboxylic acid groups (broad SMARTS) is 2.